The first-order chi connectivity index (χ1) is 13.0. The lowest BCUT2D eigenvalue weighted by molar-refractivity contribution is -0.135. The summed E-state index contributed by atoms with van der Waals surface area (Å²) in [5.41, 5.74) is 1.60. The normalized spacial score (nSPS) is 17.0. The molecule has 0 spiro atoms. The van der Waals surface area contributed by atoms with Crippen molar-refractivity contribution in [3.8, 4) is 5.69 Å². The molecular formula is C20H23FN4O2. The minimum absolute atomic E-state index is 0.112. The van der Waals surface area contributed by atoms with Crippen LogP contribution in [-0.4, -0.2) is 51.5 Å². The molecule has 0 N–H and O–H groups in total. The maximum atomic E-state index is 13.1. The number of carbonyl (C=O) groups is 2. The predicted molar refractivity (Wildman–Crippen MR) is 99.5 cm³/mol. The van der Waals surface area contributed by atoms with Crippen molar-refractivity contribution in [2.75, 3.05) is 20.1 Å². The summed E-state index contributed by atoms with van der Waals surface area (Å²) in [6, 6.07) is 6.04. The number of halogens is 1. The zero-order valence-electron chi connectivity index (χ0n) is 15.3. The van der Waals surface area contributed by atoms with Crippen molar-refractivity contribution in [1.29, 1.82) is 0 Å². The lowest BCUT2D eigenvalue weighted by Crippen LogP contribution is -2.41. The van der Waals surface area contributed by atoms with E-state index in [1.165, 1.54) is 18.2 Å². The molecule has 3 rings (SSSR count). The van der Waals surface area contributed by atoms with E-state index < -0.39 is 0 Å². The maximum absolute atomic E-state index is 13.1. The minimum atomic E-state index is -0.304. The fourth-order valence-electron chi connectivity index (χ4n) is 3.23. The molecule has 7 heteroatoms. The molecule has 1 saturated heterocycles. The van der Waals surface area contributed by atoms with Crippen molar-refractivity contribution < 1.29 is 14.0 Å². The number of nitrogens with zero attached hydrogens (tertiary/aromatic N) is 4. The Morgan fingerprint density at radius 3 is 2.81 bits per heavy atom. The molecule has 1 aliphatic heterocycles. The third kappa shape index (κ3) is 4.61. The lowest BCUT2D eigenvalue weighted by Gasteiger charge is -2.32. The number of likely N-dealkylation sites (tertiary alicyclic amines) is 1. The first kappa shape index (κ1) is 18.8. The summed E-state index contributed by atoms with van der Waals surface area (Å²) in [5.74, 6) is -0.219. The van der Waals surface area contributed by atoms with Gasteiger partial charge in [-0.25, -0.2) is 9.07 Å². The van der Waals surface area contributed by atoms with Crippen LogP contribution in [0.1, 0.15) is 18.4 Å². The van der Waals surface area contributed by atoms with Gasteiger partial charge in [-0.05, 0) is 42.7 Å². The smallest absolute Gasteiger partial charge is 0.246 e. The first-order valence-electron chi connectivity index (χ1n) is 8.91. The molecule has 1 aromatic heterocycles. The number of hydrogen-bond acceptors (Lipinski definition) is 3. The summed E-state index contributed by atoms with van der Waals surface area (Å²) < 4.78 is 14.7. The first-order valence-corrected chi connectivity index (χ1v) is 8.91. The van der Waals surface area contributed by atoms with Crippen molar-refractivity contribution >= 4 is 11.8 Å². The Bertz CT molecular complexity index is 831. The highest BCUT2D eigenvalue weighted by atomic mass is 19.1. The molecule has 1 atom stereocenters. The van der Waals surface area contributed by atoms with Crippen molar-refractivity contribution in [3.63, 3.8) is 0 Å². The fourth-order valence-corrected chi connectivity index (χ4v) is 3.23. The molecular weight excluding hydrogens is 347 g/mol. The lowest BCUT2D eigenvalue weighted by atomic mass is 9.95. The van der Waals surface area contributed by atoms with Crippen LogP contribution in [0.2, 0.25) is 0 Å². The Balaban J connectivity index is 1.69. The Labute approximate surface area is 157 Å². The van der Waals surface area contributed by atoms with E-state index in [1.807, 2.05) is 6.20 Å². The highest BCUT2D eigenvalue weighted by Crippen LogP contribution is 2.20. The van der Waals surface area contributed by atoms with Crippen LogP contribution in [0.5, 0.6) is 0 Å². The molecule has 1 aromatic carbocycles. The van der Waals surface area contributed by atoms with Crippen LogP contribution in [0, 0.1) is 11.7 Å². The quantitative estimate of drug-likeness (QED) is 0.734. The van der Waals surface area contributed by atoms with E-state index >= 15 is 0 Å². The summed E-state index contributed by atoms with van der Waals surface area (Å²) in [6.45, 7) is 5.18. The van der Waals surface area contributed by atoms with Gasteiger partial charge in [0.25, 0.3) is 0 Å². The summed E-state index contributed by atoms with van der Waals surface area (Å²) in [5, 5.41) is 4.29. The third-order valence-corrected chi connectivity index (χ3v) is 4.83. The molecule has 27 heavy (non-hydrogen) atoms. The van der Waals surface area contributed by atoms with Crippen LogP contribution in [0.25, 0.3) is 5.69 Å². The fraction of sp³-hybridized carbons (Fsp3) is 0.350. The Kier molecular flexibility index (Phi) is 5.69. The molecule has 6 nitrogen and oxygen atoms in total. The van der Waals surface area contributed by atoms with Gasteiger partial charge in [-0.2, -0.15) is 5.10 Å². The second-order valence-corrected chi connectivity index (χ2v) is 6.87. The van der Waals surface area contributed by atoms with E-state index in [-0.39, 0.29) is 23.5 Å². The SMILES string of the molecule is C=CC(=O)N(Cc1cnn(-c2ccc(F)cc2)c1)CC1CCN(C)C(=O)C1. The van der Waals surface area contributed by atoms with Gasteiger partial charge in [0, 0.05) is 44.9 Å². The van der Waals surface area contributed by atoms with Gasteiger partial charge in [0.15, 0.2) is 0 Å². The van der Waals surface area contributed by atoms with E-state index in [2.05, 4.69) is 11.7 Å². The number of aromatic nitrogens is 2. The second kappa shape index (κ2) is 8.16. The van der Waals surface area contributed by atoms with E-state index in [0.29, 0.717) is 26.1 Å². The minimum Gasteiger partial charge on any atom is -0.346 e. The van der Waals surface area contributed by atoms with Crippen LogP contribution < -0.4 is 0 Å². The highest BCUT2D eigenvalue weighted by molar-refractivity contribution is 5.87. The monoisotopic (exact) mass is 370 g/mol. The topological polar surface area (TPSA) is 58.4 Å². The molecule has 2 heterocycles. The average Bonchev–Trinajstić information content (AvgIpc) is 3.12. The molecule has 0 aliphatic carbocycles. The van der Waals surface area contributed by atoms with Crippen LogP contribution >= 0.6 is 0 Å². The molecule has 1 unspecified atom stereocenters. The van der Waals surface area contributed by atoms with Crippen LogP contribution in [-0.2, 0) is 16.1 Å². The average molecular weight is 370 g/mol. The summed E-state index contributed by atoms with van der Waals surface area (Å²) >= 11 is 0. The van der Waals surface area contributed by atoms with Gasteiger partial charge in [0.1, 0.15) is 5.82 Å². The number of amides is 2. The number of benzene rings is 1. The van der Waals surface area contributed by atoms with Crippen LogP contribution in [0.3, 0.4) is 0 Å². The van der Waals surface area contributed by atoms with E-state index in [0.717, 1.165) is 17.7 Å². The van der Waals surface area contributed by atoms with Gasteiger partial charge in [0.05, 0.1) is 11.9 Å². The largest absolute Gasteiger partial charge is 0.346 e. The number of hydrogen-bond donors (Lipinski definition) is 0. The van der Waals surface area contributed by atoms with Crippen molar-refractivity contribution in [2.24, 2.45) is 5.92 Å². The molecule has 0 bridgehead atoms. The van der Waals surface area contributed by atoms with Gasteiger partial charge in [-0.15, -0.1) is 0 Å². The zero-order valence-corrected chi connectivity index (χ0v) is 15.3. The van der Waals surface area contributed by atoms with Gasteiger partial charge >= 0.3 is 0 Å². The van der Waals surface area contributed by atoms with Crippen LogP contribution in [0.4, 0.5) is 4.39 Å². The van der Waals surface area contributed by atoms with E-state index in [9.17, 15) is 14.0 Å². The van der Waals surface area contributed by atoms with E-state index in [1.54, 1.807) is 39.9 Å². The predicted octanol–water partition coefficient (Wildman–Crippen LogP) is 2.39. The van der Waals surface area contributed by atoms with Gasteiger partial charge in [-0.3, -0.25) is 9.59 Å². The molecule has 142 valence electrons. The number of rotatable bonds is 6. The molecule has 0 radical (unpaired) electrons. The molecule has 1 aliphatic rings. The van der Waals surface area contributed by atoms with Crippen molar-refractivity contribution in [3.05, 3.63) is 60.7 Å². The Morgan fingerprint density at radius 2 is 2.15 bits per heavy atom. The van der Waals surface area contributed by atoms with E-state index in [4.69, 9.17) is 0 Å². The summed E-state index contributed by atoms with van der Waals surface area (Å²) in [4.78, 5) is 27.6. The molecule has 2 aromatic rings. The third-order valence-electron chi connectivity index (χ3n) is 4.83. The molecule has 1 fully saturated rings. The molecule has 2 amide bonds. The second-order valence-electron chi connectivity index (χ2n) is 6.87. The zero-order chi connectivity index (χ0) is 19.4. The Hall–Kier alpha value is -2.96. The summed E-state index contributed by atoms with van der Waals surface area (Å²) in [6.07, 6.45) is 6.12. The highest BCUT2D eigenvalue weighted by Gasteiger charge is 2.26. The summed E-state index contributed by atoms with van der Waals surface area (Å²) in [7, 11) is 1.80. The van der Waals surface area contributed by atoms with Crippen LogP contribution in [0.15, 0.2) is 49.3 Å². The molecule has 0 saturated carbocycles. The van der Waals surface area contributed by atoms with Gasteiger partial charge in [-0.1, -0.05) is 6.58 Å². The maximum Gasteiger partial charge on any atom is 0.246 e. The number of piperidine rings is 1. The van der Waals surface area contributed by atoms with Crippen molar-refractivity contribution in [1.82, 2.24) is 19.6 Å². The van der Waals surface area contributed by atoms with Crippen molar-refractivity contribution in [2.45, 2.75) is 19.4 Å². The Morgan fingerprint density at radius 1 is 1.41 bits per heavy atom. The standard InChI is InChI=1S/C20H23FN4O2/c1-3-19(26)24(12-15-8-9-23(2)20(27)10-15)13-16-11-22-25(14-16)18-6-4-17(21)5-7-18/h3-7,11,14-15H,1,8-10,12-13H2,2H3. The van der Waals surface area contributed by atoms with Gasteiger partial charge < -0.3 is 9.80 Å². The van der Waals surface area contributed by atoms with Gasteiger partial charge in [0.2, 0.25) is 11.8 Å². The number of carbonyl (C=O) groups excluding carboxylic acids is 2.